The Bertz CT molecular complexity index is 310. The third-order valence-electron chi connectivity index (χ3n) is 3.27. The van der Waals surface area contributed by atoms with Crippen LogP contribution in [0.15, 0.2) is 12.5 Å². The minimum atomic E-state index is 0.601. The molecule has 1 aliphatic heterocycles. The first-order valence-electron chi connectivity index (χ1n) is 5.60. The highest BCUT2D eigenvalue weighted by Gasteiger charge is 2.24. The minimum Gasteiger partial charge on any atom is -0.337 e. The van der Waals surface area contributed by atoms with E-state index in [9.17, 15) is 0 Å². The van der Waals surface area contributed by atoms with E-state index in [4.69, 9.17) is 0 Å². The van der Waals surface area contributed by atoms with Gasteiger partial charge in [-0.1, -0.05) is 0 Å². The van der Waals surface area contributed by atoms with Crippen molar-refractivity contribution in [1.29, 1.82) is 0 Å². The standard InChI is InChI=1S/C11H20N4/c1-9-4-12-5-10(2)15(9)7-11-6-13-8-14(11)3/h6,8-10,12H,4-5,7H2,1-3H3. The molecule has 84 valence electrons. The molecule has 0 amide bonds. The van der Waals surface area contributed by atoms with E-state index in [2.05, 4.69) is 40.7 Å². The third-order valence-corrected chi connectivity index (χ3v) is 3.27. The molecule has 1 saturated heterocycles. The molecule has 2 unspecified atom stereocenters. The van der Waals surface area contributed by atoms with Crippen molar-refractivity contribution >= 4 is 0 Å². The lowest BCUT2D eigenvalue weighted by Gasteiger charge is -2.39. The van der Waals surface area contributed by atoms with Crippen LogP contribution in [0.1, 0.15) is 19.5 Å². The zero-order chi connectivity index (χ0) is 10.8. The van der Waals surface area contributed by atoms with Gasteiger partial charge in [-0.25, -0.2) is 4.98 Å². The van der Waals surface area contributed by atoms with E-state index in [0.29, 0.717) is 12.1 Å². The summed E-state index contributed by atoms with van der Waals surface area (Å²) < 4.78 is 2.10. The van der Waals surface area contributed by atoms with Crippen LogP contribution in [-0.4, -0.2) is 39.6 Å². The Kier molecular flexibility index (Phi) is 3.07. The molecule has 0 bridgehead atoms. The number of rotatable bonds is 2. The van der Waals surface area contributed by atoms with Gasteiger partial charge in [0.25, 0.3) is 0 Å². The second-order valence-corrected chi connectivity index (χ2v) is 4.52. The van der Waals surface area contributed by atoms with E-state index < -0.39 is 0 Å². The summed E-state index contributed by atoms with van der Waals surface area (Å²) in [4.78, 5) is 6.69. The fourth-order valence-electron chi connectivity index (χ4n) is 2.21. The average molecular weight is 208 g/mol. The lowest BCUT2D eigenvalue weighted by Crippen LogP contribution is -2.54. The van der Waals surface area contributed by atoms with Crippen LogP contribution in [0.2, 0.25) is 0 Å². The van der Waals surface area contributed by atoms with E-state index in [1.165, 1.54) is 5.69 Å². The molecule has 0 saturated carbocycles. The zero-order valence-corrected chi connectivity index (χ0v) is 9.77. The van der Waals surface area contributed by atoms with E-state index in [-0.39, 0.29) is 0 Å². The smallest absolute Gasteiger partial charge is 0.0945 e. The molecule has 2 atom stereocenters. The molecule has 1 aromatic heterocycles. The first-order valence-corrected chi connectivity index (χ1v) is 5.60. The molecule has 1 fully saturated rings. The van der Waals surface area contributed by atoms with Crippen molar-refractivity contribution in [3.05, 3.63) is 18.2 Å². The second-order valence-electron chi connectivity index (χ2n) is 4.52. The maximum atomic E-state index is 4.16. The van der Waals surface area contributed by atoms with E-state index in [0.717, 1.165) is 19.6 Å². The summed E-state index contributed by atoms with van der Waals surface area (Å²) in [6, 6.07) is 1.20. The lowest BCUT2D eigenvalue weighted by molar-refractivity contribution is 0.106. The summed E-state index contributed by atoms with van der Waals surface area (Å²) in [5, 5.41) is 3.44. The second kappa shape index (κ2) is 4.33. The normalized spacial score (nSPS) is 28.2. The van der Waals surface area contributed by atoms with Gasteiger partial charge in [0.2, 0.25) is 0 Å². The van der Waals surface area contributed by atoms with Crippen LogP contribution in [0.3, 0.4) is 0 Å². The molecular formula is C11H20N4. The quantitative estimate of drug-likeness (QED) is 0.772. The van der Waals surface area contributed by atoms with Crippen LogP contribution < -0.4 is 5.32 Å². The molecule has 1 aliphatic rings. The molecule has 2 heterocycles. The Morgan fingerprint density at radius 3 is 2.60 bits per heavy atom. The van der Waals surface area contributed by atoms with Gasteiger partial charge in [-0.2, -0.15) is 0 Å². The molecule has 4 nitrogen and oxygen atoms in total. The first-order chi connectivity index (χ1) is 7.18. The summed E-state index contributed by atoms with van der Waals surface area (Å²) in [6.07, 6.45) is 3.83. The van der Waals surface area contributed by atoms with E-state index in [1.807, 2.05) is 12.5 Å². The SMILES string of the molecule is CC1CNCC(C)N1Cc1cncn1C. The summed E-state index contributed by atoms with van der Waals surface area (Å²) in [6.45, 7) is 7.73. The lowest BCUT2D eigenvalue weighted by atomic mass is 10.1. The van der Waals surface area contributed by atoms with Crippen LogP contribution >= 0.6 is 0 Å². The molecule has 15 heavy (non-hydrogen) atoms. The monoisotopic (exact) mass is 208 g/mol. The van der Waals surface area contributed by atoms with Crippen LogP contribution in [0.5, 0.6) is 0 Å². The van der Waals surface area contributed by atoms with Gasteiger partial charge in [-0.15, -0.1) is 0 Å². The van der Waals surface area contributed by atoms with Crippen molar-refractivity contribution in [2.75, 3.05) is 13.1 Å². The summed E-state index contributed by atoms with van der Waals surface area (Å²) in [7, 11) is 2.06. The number of imidazole rings is 1. The van der Waals surface area contributed by atoms with Crippen molar-refractivity contribution in [2.24, 2.45) is 7.05 Å². The maximum absolute atomic E-state index is 4.16. The molecule has 1 N–H and O–H groups in total. The van der Waals surface area contributed by atoms with Crippen LogP contribution in [0.25, 0.3) is 0 Å². The maximum Gasteiger partial charge on any atom is 0.0945 e. The molecule has 0 aliphatic carbocycles. The van der Waals surface area contributed by atoms with Gasteiger partial charge in [0.1, 0.15) is 0 Å². The van der Waals surface area contributed by atoms with Crippen molar-refractivity contribution in [3.8, 4) is 0 Å². The number of aromatic nitrogens is 2. The summed E-state index contributed by atoms with van der Waals surface area (Å²) in [5.74, 6) is 0. The molecule has 0 aromatic carbocycles. The number of hydrogen-bond donors (Lipinski definition) is 1. The number of aryl methyl sites for hydroxylation is 1. The summed E-state index contributed by atoms with van der Waals surface area (Å²) >= 11 is 0. The molecule has 4 heteroatoms. The Hall–Kier alpha value is -0.870. The predicted octanol–water partition coefficient (Wildman–Crippen LogP) is 0.602. The molecule has 0 radical (unpaired) electrons. The topological polar surface area (TPSA) is 33.1 Å². The molecular weight excluding hydrogens is 188 g/mol. The van der Waals surface area contributed by atoms with Gasteiger partial charge in [0.05, 0.1) is 12.0 Å². The van der Waals surface area contributed by atoms with Gasteiger partial charge in [0.15, 0.2) is 0 Å². The average Bonchev–Trinajstić information content (AvgIpc) is 2.58. The van der Waals surface area contributed by atoms with Gasteiger partial charge in [-0.05, 0) is 13.8 Å². The number of nitrogens with zero attached hydrogens (tertiary/aromatic N) is 3. The minimum absolute atomic E-state index is 0.601. The zero-order valence-electron chi connectivity index (χ0n) is 9.77. The predicted molar refractivity (Wildman–Crippen MR) is 60.5 cm³/mol. The fourth-order valence-corrected chi connectivity index (χ4v) is 2.21. The van der Waals surface area contributed by atoms with E-state index in [1.54, 1.807) is 0 Å². The summed E-state index contributed by atoms with van der Waals surface area (Å²) in [5.41, 5.74) is 1.29. The molecule has 0 spiro atoms. The highest BCUT2D eigenvalue weighted by Crippen LogP contribution is 2.13. The van der Waals surface area contributed by atoms with Crippen molar-refractivity contribution in [1.82, 2.24) is 19.8 Å². The Morgan fingerprint density at radius 2 is 2.07 bits per heavy atom. The van der Waals surface area contributed by atoms with Crippen molar-refractivity contribution in [3.63, 3.8) is 0 Å². The van der Waals surface area contributed by atoms with Crippen molar-refractivity contribution < 1.29 is 0 Å². The van der Waals surface area contributed by atoms with Gasteiger partial charge >= 0.3 is 0 Å². The Labute approximate surface area is 91.3 Å². The largest absolute Gasteiger partial charge is 0.337 e. The Morgan fingerprint density at radius 1 is 1.40 bits per heavy atom. The number of nitrogens with one attached hydrogen (secondary N) is 1. The fraction of sp³-hybridized carbons (Fsp3) is 0.727. The van der Waals surface area contributed by atoms with Crippen LogP contribution in [0, 0.1) is 0 Å². The van der Waals surface area contributed by atoms with E-state index >= 15 is 0 Å². The molecule has 2 rings (SSSR count). The molecule has 1 aromatic rings. The first kappa shape index (κ1) is 10.6. The van der Waals surface area contributed by atoms with Gasteiger partial charge < -0.3 is 9.88 Å². The van der Waals surface area contributed by atoms with Crippen LogP contribution in [0.4, 0.5) is 0 Å². The van der Waals surface area contributed by atoms with Crippen molar-refractivity contribution in [2.45, 2.75) is 32.5 Å². The number of piperazine rings is 1. The number of hydrogen-bond acceptors (Lipinski definition) is 3. The van der Waals surface area contributed by atoms with Gasteiger partial charge in [0, 0.05) is 45.0 Å². The highest BCUT2D eigenvalue weighted by atomic mass is 15.3. The Balaban J connectivity index is 2.06. The van der Waals surface area contributed by atoms with Crippen LogP contribution in [-0.2, 0) is 13.6 Å². The third kappa shape index (κ3) is 2.21. The highest BCUT2D eigenvalue weighted by molar-refractivity contribution is 4.99. The van der Waals surface area contributed by atoms with Gasteiger partial charge in [-0.3, -0.25) is 4.90 Å².